The lowest BCUT2D eigenvalue weighted by atomic mass is 9.70. The predicted molar refractivity (Wildman–Crippen MR) is 47.3 cm³/mol. The van der Waals surface area contributed by atoms with Crippen molar-refractivity contribution in [3.05, 3.63) is 12.2 Å². The molecule has 1 rings (SSSR count). The highest BCUT2D eigenvalue weighted by atomic mass is 16.3. The zero-order valence-corrected chi connectivity index (χ0v) is 7.51. The molecular formula is C10H18O. The number of hydrogen-bond donors (Lipinski definition) is 1. The normalized spacial score (nSPS) is 33.7. The summed E-state index contributed by atoms with van der Waals surface area (Å²) in [6, 6.07) is 0. The maximum absolute atomic E-state index is 9.03. The van der Waals surface area contributed by atoms with Crippen LogP contribution in [0.2, 0.25) is 0 Å². The lowest BCUT2D eigenvalue weighted by molar-refractivity contribution is 0.106. The molecule has 11 heavy (non-hydrogen) atoms. The monoisotopic (exact) mass is 154 g/mol. The molecule has 1 heteroatoms. The highest BCUT2D eigenvalue weighted by molar-refractivity contribution is 4.97. The molecule has 64 valence electrons. The molecule has 1 N–H and O–H groups in total. The van der Waals surface area contributed by atoms with E-state index < -0.39 is 0 Å². The first-order valence-corrected chi connectivity index (χ1v) is 4.45. The van der Waals surface area contributed by atoms with Crippen LogP contribution in [0.3, 0.4) is 0 Å². The largest absolute Gasteiger partial charge is 0.396 e. The number of hydrogen-bond acceptors (Lipinski definition) is 1. The van der Waals surface area contributed by atoms with E-state index in [-0.39, 0.29) is 0 Å². The molecule has 0 spiro atoms. The Morgan fingerprint density at radius 1 is 1.55 bits per heavy atom. The first kappa shape index (κ1) is 8.79. The lowest BCUT2D eigenvalue weighted by Gasteiger charge is -2.35. The van der Waals surface area contributed by atoms with Crippen LogP contribution >= 0.6 is 0 Å². The van der Waals surface area contributed by atoms with E-state index in [0.717, 1.165) is 6.42 Å². The molecule has 0 amide bonds. The summed E-state index contributed by atoms with van der Waals surface area (Å²) >= 11 is 0. The maximum Gasteiger partial charge on any atom is 0.0461 e. The molecule has 1 aliphatic rings. The van der Waals surface area contributed by atoms with E-state index in [1.165, 1.54) is 12.8 Å². The topological polar surface area (TPSA) is 20.2 Å². The maximum atomic E-state index is 9.03. The van der Waals surface area contributed by atoms with Crippen LogP contribution in [0.5, 0.6) is 0 Å². The summed E-state index contributed by atoms with van der Waals surface area (Å²) in [5, 5.41) is 9.03. The minimum atomic E-state index is 0.324. The number of aliphatic hydroxyl groups is 1. The van der Waals surface area contributed by atoms with E-state index >= 15 is 0 Å². The summed E-state index contributed by atoms with van der Waals surface area (Å²) in [4.78, 5) is 0. The minimum absolute atomic E-state index is 0.324. The second-order valence-electron chi connectivity index (χ2n) is 3.95. The second kappa shape index (κ2) is 3.40. The van der Waals surface area contributed by atoms with Gasteiger partial charge in [-0.05, 0) is 30.6 Å². The molecule has 0 aromatic heterocycles. The van der Waals surface area contributed by atoms with Crippen molar-refractivity contribution >= 4 is 0 Å². The van der Waals surface area contributed by atoms with E-state index in [0.29, 0.717) is 17.9 Å². The van der Waals surface area contributed by atoms with E-state index in [2.05, 4.69) is 26.0 Å². The molecule has 1 nitrogen and oxygen atoms in total. The predicted octanol–water partition coefficient (Wildman–Crippen LogP) is 2.36. The third kappa shape index (κ3) is 1.84. The van der Waals surface area contributed by atoms with Gasteiger partial charge in [-0.15, -0.1) is 0 Å². The number of allylic oxidation sites excluding steroid dienone is 2. The summed E-state index contributed by atoms with van der Waals surface area (Å²) in [7, 11) is 0. The zero-order valence-electron chi connectivity index (χ0n) is 7.51. The molecule has 0 aromatic carbocycles. The third-order valence-electron chi connectivity index (χ3n) is 3.10. The first-order valence-electron chi connectivity index (χ1n) is 4.45. The molecule has 1 aliphatic carbocycles. The molecule has 0 heterocycles. The quantitative estimate of drug-likeness (QED) is 0.605. The van der Waals surface area contributed by atoms with Crippen LogP contribution in [0.25, 0.3) is 0 Å². The van der Waals surface area contributed by atoms with Crippen LogP contribution in [0.15, 0.2) is 12.2 Å². The van der Waals surface area contributed by atoms with Crippen molar-refractivity contribution in [3.8, 4) is 0 Å². The van der Waals surface area contributed by atoms with Crippen molar-refractivity contribution in [1.29, 1.82) is 0 Å². The summed E-state index contributed by atoms with van der Waals surface area (Å²) in [6.07, 6.45) is 8.03. The highest BCUT2D eigenvalue weighted by Crippen LogP contribution is 2.38. The van der Waals surface area contributed by atoms with Crippen molar-refractivity contribution < 1.29 is 5.11 Å². The van der Waals surface area contributed by atoms with Gasteiger partial charge < -0.3 is 5.11 Å². The highest BCUT2D eigenvalue weighted by Gasteiger charge is 2.29. The number of aliphatic hydroxyl groups excluding tert-OH is 1. The summed E-state index contributed by atoms with van der Waals surface area (Å²) in [5.41, 5.74) is 0.351. The Morgan fingerprint density at radius 2 is 2.27 bits per heavy atom. The van der Waals surface area contributed by atoms with Gasteiger partial charge in [0.05, 0.1) is 0 Å². The Balaban J connectivity index is 2.58. The molecular weight excluding hydrogens is 136 g/mol. The van der Waals surface area contributed by atoms with Crippen molar-refractivity contribution in [3.63, 3.8) is 0 Å². The van der Waals surface area contributed by atoms with Gasteiger partial charge in [0, 0.05) is 6.61 Å². The minimum Gasteiger partial charge on any atom is -0.396 e. The van der Waals surface area contributed by atoms with E-state index in [1.807, 2.05) is 0 Å². The summed E-state index contributed by atoms with van der Waals surface area (Å²) < 4.78 is 0. The van der Waals surface area contributed by atoms with Crippen molar-refractivity contribution in [1.82, 2.24) is 0 Å². The molecule has 0 bridgehead atoms. The SMILES string of the molecule is CC(CO)C1(C)CC=CCC1. The van der Waals surface area contributed by atoms with Crippen LogP contribution in [-0.4, -0.2) is 11.7 Å². The standard InChI is InChI=1S/C10H18O/c1-9(8-11)10(2)6-4-3-5-7-10/h3-4,9,11H,5-8H2,1-2H3. The van der Waals surface area contributed by atoms with Crippen LogP contribution < -0.4 is 0 Å². The molecule has 0 fully saturated rings. The fourth-order valence-corrected chi connectivity index (χ4v) is 1.65. The third-order valence-corrected chi connectivity index (χ3v) is 3.10. The molecule has 0 aromatic rings. The van der Waals surface area contributed by atoms with Gasteiger partial charge in [-0.25, -0.2) is 0 Å². The fraction of sp³-hybridized carbons (Fsp3) is 0.800. The van der Waals surface area contributed by atoms with E-state index in [9.17, 15) is 0 Å². The Hall–Kier alpha value is -0.300. The molecule has 0 saturated heterocycles. The van der Waals surface area contributed by atoms with Gasteiger partial charge in [0.15, 0.2) is 0 Å². The summed E-state index contributed by atoms with van der Waals surface area (Å²) in [5.74, 6) is 0.437. The number of rotatable bonds is 2. The van der Waals surface area contributed by atoms with E-state index in [1.54, 1.807) is 0 Å². The Morgan fingerprint density at radius 3 is 2.73 bits per heavy atom. The van der Waals surface area contributed by atoms with Crippen LogP contribution in [0.1, 0.15) is 33.1 Å². The summed E-state index contributed by atoms with van der Waals surface area (Å²) in [6.45, 7) is 4.74. The van der Waals surface area contributed by atoms with Gasteiger partial charge in [-0.1, -0.05) is 26.0 Å². The average Bonchev–Trinajstić information content (AvgIpc) is 2.04. The Kier molecular flexibility index (Phi) is 2.72. The van der Waals surface area contributed by atoms with E-state index in [4.69, 9.17) is 5.11 Å². The first-order chi connectivity index (χ1) is 5.19. The van der Waals surface area contributed by atoms with Gasteiger partial charge in [0.1, 0.15) is 0 Å². The Bertz CT molecular complexity index is 151. The molecule has 0 aliphatic heterocycles. The van der Waals surface area contributed by atoms with Gasteiger partial charge in [-0.3, -0.25) is 0 Å². The second-order valence-corrected chi connectivity index (χ2v) is 3.95. The molecule has 2 atom stereocenters. The molecule has 0 saturated carbocycles. The van der Waals surface area contributed by atoms with Crippen LogP contribution in [0.4, 0.5) is 0 Å². The fourth-order valence-electron chi connectivity index (χ4n) is 1.65. The zero-order chi connectivity index (χ0) is 8.32. The van der Waals surface area contributed by atoms with Crippen molar-refractivity contribution in [2.45, 2.75) is 33.1 Å². The molecule has 2 unspecified atom stereocenters. The van der Waals surface area contributed by atoms with Gasteiger partial charge in [-0.2, -0.15) is 0 Å². The van der Waals surface area contributed by atoms with Gasteiger partial charge in [0.2, 0.25) is 0 Å². The smallest absolute Gasteiger partial charge is 0.0461 e. The average molecular weight is 154 g/mol. The van der Waals surface area contributed by atoms with Crippen molar-refractivity contribution in [2.24, 2.45) is 11.3 Å². The van der Waals surface area contributed by atoms with Crippen LogP contribution in [0, 0.1) is 11.3 Å². The van der Waals surface area contributed by atoms with Gasteiger partial charge in [0.25, 0.3) is 0 Å². The van der Waals surface area contributed by atoms with Crippen molar-refractivity contribution in [2.75, 3.05) is 6.61 Å². The van der Waals surface area contributed by atoms with Gasteiger partial charge >= 0.3 is 0 Å². The Labute approximate surface area is 69.1 Å². The lowest BCUT2D eigenvalue weighted by Crippen LogP contribution is -2.28. The molecule has 0 radical (unpaired) electrons. The van der Waals surface area contributed by atoms with Crippen LogP contribution in [-0.2, 0) is 0 Å².